The van der Waals surface area contributed by atoms with Crippen molar-refractivity contribution in [3.8, 4) is 0 Å². The van der Waals surface area contributed by atoms with E-state index in [2.05, 4.69) is 31.4 Å². The highest BCUT2D eigenvalue weighted by molar-refractivity contribution is 9.10. The minimum atomic E-state index is -0.507. The Morgan fingerprint density at radius 1 is 1.32 bits per heavy atom. The van der Waals surface area contributed by atoms with Crippen LogP contribution in [0, 0.1) is 10.1 Å². The van der Waals surface area contributed by atoms with Crippen LogP contribution in [0.2, 0.25) is 0 Å². The van der Waals surface area contributed by atoms with Crippen LogP contribution in [0.15, 0.2) is 63.3 Å². The van der Waals surface area contributed by atoms with Gasteiger partial charge in [-0.1, -0.05) is 34.1 Å². The summed E-state index contributed by atoms with van der Waals surface area (Å²) >= 11 is 4.58. The molecule has 0 radical (unpaired) electrons. The monoisotopic (exact) mass is 461 g/mol. The lowest BCUT2D eigenvalue weighted by atomic mass is 10.1. The maximum absolute atomic E-state index is 12.6. The van der Waals surface area contributed by atoms with Crippen LogP contribution in [0.25, 0.3) is 0 Å². The molecule has 10 heteroatoms. The molecule has 0 fully saturated rings. The molecule has 1 N–H and O–H groups in total. The van der Waals surface area contributed by atoms with Crippen LogP contribution in [0.3, 0.4) is 0 Å². The van der Waals surface area contributed by atoms with Crippen molar-refractivity contribution in [3.05, 3.63) is 74.5 Å². The van der Waals surface area contributed by atoms with Crippen molar-refractivity contribution in [2.75, 3.05) is 0 Å². The molecular formula is C18H16BrN5O3S. The van der Waals surface area contributed by atoms with Crippen molar-refractivity contribution >= 4 is 39.3 Å². The van der Waals surface area contributed by atoms with Crippen LogP contribution < -0.4 is 5.32 Å². The van der Waals surface area contributed by atoms with E-state index in [0.29, 0.717) is 10.1 Å². The fraction of sp³-hybridized carbons (Fsp3) is 0.167. The first-order valence-corrected chi connectivity index (χ1v) is 9.83. The highest BCUT2D eigenvalue weighted by Gasteiger charge is 2.21. The van der Waals surface area contributed by atoms with Crippen LogP contribution in [0.5, 0.6) is 0 Å². The highest BCUT2D eigenvalue weighted by Crippen LogP contribution is 2.34. The van der Waals surface area contributed by atoms with Gasteiger partial charge in [-0.15, -0.1) is 10.2 Å². The normalized spacial score (nSPS) is 11.8. The maximum Gasteiger partial charge on any atom is 0.284 e. The number of carbonyl (C=O) groups excluding carboxylic acids is 1. The molecule has 0 aliphatic rings. The van der Waals surface area contributed by atoms with E-state index in [4.69, 9.17) is 0 Å². The van der Waals surface area contributed by atoms with E-state index in [1.165, 1.54) is 12.4 Å². The lowest BCUT2D eigenvalue weighted by Gasteiger charge is -2.16. The fourth-order valence-electron chi connectivity index (χ4n) is 2.53. The number of carbonyl (C=O) groups is 1. The molecule has 0 spiro atoms. The number of nitro groups is 1. The zero-order valence-corrected chi connectivity index (χ0v) is 17.4. The summed E-state index contributed by atoms with van der Waals surface area (Å²) in [7, 11) is 1.75. The third kappa shape index (κ3) is 4.39. The van der Waals surface area contributed by atoms with Gasteiger partial charge in [-0.05, 0) is 42.4 Å². The third-order valence-electron chi connectivity index (χ3n) is 4.01. The van der Waals surface area contributed by atoms with E-state index in [1.54, 1.807) is 23.7 Å². The number of aryl methyl sites for hydroxylation is 1. The van der Waals surface area contributed by atoms with Crippen molar-refractivity contribution in [2.45, 2.75) is 23.0 Å². The second kappa shape index (κ2) is 8.53. The van der Waals surface area contributed by atoms with E-state index >= 15 is 0 Å². The number of amides is 1. The molecule has 1 heterocycles. The molecule has 3 aromatic rings. The maximum atomic E-state index is 12.6. The molecule has 28 heavy (non-hydrogen) atoms. The van der Waals surface area contributed by atoms with Gasteiger partial charge in [0.15, 0.2) is 5.16 Å². The summed E-state index contributed by atoms with van der Waals surface area (Å²) in [5, 5.41) is 22.6. The smallest absolute Gasteiger partial charge is 0.284 e. The van der Waals surface area contributed by atoms with E-state index in [-0.39, 0.29) is 23.2 Å². The average molecular weight is 462 g/mol. The van der Waals surface area contributed by atoms with Crippen molar-refractivity contribution in [3.63, 3.8) is 0 Å². The number of benzene rings is 2. The van der Waals surface area contributed by atoms with Gasteiger partial charge in [-0.3, -0.25) is 14.9 Å². The lowest BCUT2D eigenvalue weighted by molar-refractivity contribution is -0.387. The zero-order chi connectivity index (χ0) is 20.3. The summed E-state index contributed by atoms with van der Waals surface area (Å²) in [4.78, 5) is 24.0. The molecular weight excluding hydrogens is 446 g/mol. The highest BCUT2D eigenvalue weighted by atomic mass is 79.9. The molecule has 0 saturated carbocycles. The van der Waals surface area contributed by atoms with Gasteiger partial charge in [-0.25, -0.2) is 0 Å². The zero-order valence-electron chi connectivity index (χ0n) is 15.0. The van der Waals surface area contributed by atoms with Gasteiger partial charge in [-0.2, -0.15) is 0 Å². The molecule has 0 saturated heterocycles. The first kappa shape index (κ1) is 20.0. The topological polar surface area (TPSA) is 103 Å². The van der Waals surface area contributed by atoms with Crippen LogP contribution in [0.1, 0.15) is 28.9 Å². The number of nitrogens with one attached hydrogen (secondary N) is 1. The Labute approximate surface area is 173 Å². The Balaban J connectivity index is 1.83. The Morgan fingerprint density at radius 3 is 2.71 bits per heavy atom. The second-order valence-electron chi connectivity index (χ2n) is 5.98. The molecule has 8 nitrogen and oxygen atoms in total. The van der Waals surface area contributed by atoms with Crippen LogP contribution in [-0.2, 0) is 7.05 Å². The van der Waals surface area contributed by atoms with Gasteiger partial charge < -0.3 is 9.88 Å². The van der Waals surface area contributed by atoms with E-state index < -0.39 is 4.92 Å². The van der Waals surface area contributed by atoms with Crippen LogP contribution in [0.4, 0.5) is 5.69 Å². The quantitative estimate of drug-likeness (QED) is 0.437. The molecule has 1 amide bonds. The molecule has 1 atom stereocenters. The van der Waals surface area contributed by atoms with Gasteiger partial charge in [0, 0.05) is 23.2 Å². The second-order valence-corrected chi connectivity index (χ2v) is 7.85. The number of hydrogen-bond acceptors (Lipinski definition) is 6. The van der Waals surface area contributed by atoms with E-state index in [1.807, 2.05) is 31.2 Å². The Kier molecular flexibility index (Phi) is 6.10. The summed E-state index contributed by atoms with van der Waals surface area (Å²) < 4.78 is 2.54. The molecule has 0 bridgehead atoms. The number of nitro benzene ring substituents is 1. The fourth-order valence-corrected chi connectivity index (χ4v) is 4.01. The molecule has 0 aliphatic carbocycles. The Morgan fingerprint density at radius 2 is 2.07 bits per heavy atom. The van der Waals surface area contributed by atoms with E-state index in [9.17, 15) is 14.9 Å². The molecule has 3 rings (SSSR count). The van der Waals surface area contributed by atoms with E-state index in [0.717, 1.165) is 21.8 Å². The van der Waals surface area contributed by atoms with Crippen molar-refractivity contribution < 1.29 is 9.72 Å². The summed E-state index contributed by atoms with van der Waals surface area (Å²) in [6.07, 6.45) is 1.51. The minimum absolute atomic E-state index is 0.158. The standard InChI is InChI=1S/C18H16BrN5O3S/c1-11(13-5-3-4-6-14(13)19)21-17(25)12-7-8-16(15(9-12)24(26)27)28-18-22-20-10-23(18)2/h3-11H,1-2H3,(H,21,25). The lowest BCUT2D eigenvalue weighted by Crippen LogP contribution is -2.26. The van der Waals surface area contributed by atoms with Crippen LogP contribution in [-0.4, -0.2) is 25.6 Å². The number of aromatic nitrogens is 3. The average Bonchev–Trinajstić information content (AvgIpc) is 3.06. The largest absolute Gasteiger partial charge is 0.345 e. The summed E-state index contributed by atoms with van der Waals surface area (Å²) in [6.45, 7) is 1.85. The van der Waals surface area contributed by atoms with Gasteiger partial charge in [0.05, 0.1) is 15.9 Å². The minimum Gasteiger partial charge on any atom is -0.345 e. The number of rotatable bonds is 6. The van der Waals surface area contributed by atoms with Crippen molar-refractivity contribution in [2.24, 2.45) is 7.05 Å². The van der Waals surface area contributed by atoms with Gasteiger partial charge in [0.25, 0.3) is 11.6 Å². The third-order valence-corrected chi connectivity index (χ3v) is 5.85. The van der Waals surface area contributed by atoms with Crippen LogP contribution >= 0.6 is 27.7 Å². The van der Waals surface area contributed by atoms with Gasteiger partial charge in [0.2, 0.25) is 0 Å². The van der Waals surface area contributed by atoms with Crippen molar-refractivity contribution in [1.82, 2.24) is 20.1 Å². The first-order chi connectivity index (χ1) is 13.4. The molecule has 2 aromatic carbocycles. The molecule has 1 unspecified atom stereocenters. The predicted octanol–water partition coefficient (Wildman–Crippen LogP) is 4.13. The number of halogens is 1. The summed E-state index contributed by atoms with van der Waals surface area (Å²) in [5.41, 5.74) is 0.974. The Bertz CT molecular complexity index is 1040. The molecule has 1 aromatic heterocycles. The van der Waals surface area contributed by atoms with Gasteiger partial charge >= 0.3 is 0 Å². The molecule has 0 aliphatic heterocycles. The number of hydrogen-bond donors (Lipinski definition) is 1. The molecule has 144 valence electrons. The number of nitrogens with zero attached hydrogens (tertiary/aromatic N) is 4. The predicted molar refractivity (Wildman–Crippen MR) is 108 cm³/mol. The summed E-state index contributed by atoms with van der Waals surface area (Å²) in [5.74, 6) is -0.387. The van der Waals surface area contributed by atoms with Gasteiger partial charge in [0.1, 0.15) is 6.33 Å². The Hall–Kier alpha value is -2.72. The van der Waals surface area contributed by atoms with Crippen molar-refractivity contribution in [1.29, 1.82) is 0 Å². The summed E-state index contributed by atoms with van der Waals surface area (Å²) in [6, 6.07) is 11.7. The SMILES string of the molecule is CC(NC(=O)c1ccc(Sc2nncn2C)c([N+](=O)[O-])c1)c1ccccc1Br. The first-order valence-electron chi connectivity index (χ1n) is 8.22.